The molecule has 0 aromatic heterocycles. The first-order valence-electron chi connectivity index (χ1n) is 8.32. The molecule has 24 heavy (non-hydrogen) atoms. The van der Waals surface area contributed by atoms with E-state index in [1.807, 2.05) is 19.9 Å². The number of aryl methyl sites for hydroxylation is 2. The Hall–Kier alpha value is -1.69. The van der Waals surface area contributed by atoms with Crippen LogP contribution >= 0.6 is 0 Å². The summed E-state index contributed by atoms with van der Waals surface area (Å²) >= 11 is 0. The van der Waals surface area contributed by atoms with E-state index in [2.05, 4.69) is 33.9 Å². The van der Waals surface area contributed by atoms with E-state index in [1.165, 1.54) is 11.1 Å². The van der Waals surface area contributed by atoms with Gasteiger partial charge in [-0.15, -0.1) is 0 Å². The molecule has 0 spiro atoms. The molecule has 0 atom stereocenters. The van der Waals surface area contributed by atoms with Crippen molar-refractivity contribution in [3.8, 4) is 0 Å². The van der Waals surface area contributed by atoms with Gasteiger partial charge in [-0.25, -0.2) is 13.1 Å². The van der Waals surface area contributed by atoms with Gasteiger partial charge in [0.2, 0.25) is 10.0 Å². The van der Waals surface area contributed by atoms with Crippen molar-refractivity contribution in [2.45, 2.75) is 31.7 Å². The van der Waals surface area contributed by atoms with Gasteiger partial charge in [0, 0.05) is 26.2 Å². The molecule has 2 aromatic carbocycles. The van der Waals surface area contributed by atoms with E-state index in [-0.39, 0.29) is 0 Å². The van der Waals surface area contributed by atoms with Crippen molar-refractivity contribution in [2.24, 2.45) is 0 Å². The summed E-state index contributed by atoms with van der Waals surface area (Å²) in [5.41, 5.74) is 4.84. The average Bonchev–Trinajstić information content (AvgIpc) is 2.57. The second-order valence-corrected chi connectivity index (χ2v) is 8.21. The Bertz CT molecular complexity index is 831. The van der Waals surface area contributed by atoms with Crippen molar-refractivity contribution < 1.29 is 8.42 Å². The van der Waals surface area contributed by atoms with Gasteiger partial charge in [0.15, 0.2) is 0 Å². The molecular formula is C19H24N2O2S. The zero-order valence-corrected chi connectivity index (χ0v) is 15.1. The first-order valence-corrected chi connectivity index (χ1v) is 9.80. The van der Waals surface area contributed by atoms with Gasteiger partial charge in [-0.1, -0.05) is 30.3 Å². The molecule has 0 saturated carbocycles. The molecule has 0 radical (unpaired) electrons. The molecule has 0 aliphatic carbocycles. The molecular weight excluding hydrogens is 320 g/mol. The standard InChI is InChI=1S/C19H24N2O2S/c1-15-7-8-19(13-16(15)2)24(22,23)20-10-12-21-11-9-17-5-3-4-6-18(17)14-21/h3-8,13,20H,9-12,14H2,1-2H3. The Morgan fingerprint density at radius 3 is 2.54 bits per heavy atom. The lowest BCUT2D eigenvalue weighted by Gasteiger charge is -2.28. The fraction of sp³-hybridized carbons (Fsp3) is 0.368. The first kappa shape index (κ1) is 17.1. The van der Waals surface area contributed by atoms with E-state index in [1.54, 1.807) is 12.1 Å². The molecule has 1 aliphatic heterocycles. The van der Waals surface area contributed by atoms with Gasteiger partial charge in [-0.2, -0.15) is 0 Å². The molecule has 1 heterocycles. The number of nitrogens with one attached hydrogen (secondary N) is 1. The number of benzene rings is 2. The third-order valence-electron chi connectivity index (χ3n) is 4.72. The molecule has 3 rings (SSSR count). The van der Waals surface area contributed by atoms with Crippen molar-refractivity contribution in [3.05, 3.63) is 64.7 Å². The van der Waals surface area contributed by atoms with Crippen LogP contribution in [0.1, 0.15) is 22.3 Å². The van der Waals surface area contributed by atoms with Crippen molar-refractivity contribution in [3.63, 3.8) is 0 Å². The summed E-state index contributed by atoms with van der Waals surface area (Å²) in [6, 6.07) is 13.7. The van der Waals surface area contributed by atoms with Crippen LogP contribution in [0.4, 0.5) is 0 Å². The zero-order valence-electron chi connectivity index (χ0n) is 14.2. The molecule has 0 fully saturated rings. The van der Waals surface area contributed by atoms with Crippen LogP contribution in [0.3, 0.4) is 0 Å². The Kier molecular flexibility index (Phi) is 5.04. The summed E-state index contributed by atoms with van der Waals surface area (Å²) in [6.07, 6.45) is 1.03. The zero-order chi connectivity index (χ0) is 17.2. The van der Waals surface area contributed by atoms with Crippen LogP contribution in [0.25, 0.3) is 0 Å². The van der Waals surface area contributed by atoms with Crippen LogP contribution in [-0.4, -0.2) is 33.0 Å². The van der Waals surface area contributed by atoms with Crippen molar-refractivity contribution in [1.29, 1.82) is 0 Å². The van der Waals surface area contributed by atoms with E-state index in [0.29, 0.717) is 11.4 Å². The molecule has 0 amide bonds. The molecule has 0 unspecified atom stereocenters. The lowest BCUT2D eigenvalue weighted by Crippen LogP contribution is -2.37. The van der Waals surface area contributed by atoms with E-state index >= 15 is 0 Å². The molecule has 4 nitrogen and oxygen atoms in total. The summed E-state index contributed by atoms with van der Waals surface area (Å²) in [4.78, 5) is 2.64. The minimum atomic E-state index is -3.44. The molecule has 2 aromatic rings. The number of rotatable bonds is 5. The molecule has 5 heteroatoms. The van der Waals surface area contributed by atoms with Gasteiger partial charge in [0.25, 0.3) is 0 Å². The lowest BCUT2D eigenvalue weighted by atomic mass is 10.0. The van der Waals surface area contributed by atoms with Gasteiger partial charge < -0.3 is 0 Å². The predicted octanol–water partition coefficient (Wildman–Crippen LogP) is 2.64. The van der Waals surface area contributed by atoms with Crippen LogP contribution in [0.5, 0.6) is 0 Å². The number of sulfonamides is 1. The normalized spacial score (nSPS) is 15.2. The summed E-state index contributed by atoms with van der Waals surface area (Å²) in [7, 11) is -3.44. The number of nitrogens with zero attached hydrogens (tertiary/aromatic N) is 1. The molecule has 1 N–H and O–H groups in total. The maximum Gasteiger partial charge on any atom is 0.240 e. The van der Waals surface area contributed by atoms with Gasteiger partial charge in [0.1, 0.15) is 0 Å². The highest BCUT2D eigenvalue weighted by Gasteiger charge is 2.17. The minimum Gasteiger partial charge on any atom is -0.297 e. The largest absolute Gasteiger partial charge is 0.297 e. The highest BCUT2D eigenvalue weighted by atomic mass is 32.2. The SMILES string of the molecule is Cc1ccc(S(=O)(=O)NCCN2CCc3ccccc3C2)cc1C. The number of hydrogen-bond acceptors (Lipinski definition) is 3. The fourth-order valence-electron chi connectivity index (χ4n) is 3.05. The second kappa shape index (κ2) is 7.05. The topological polar surface area (TPSA) is 49.4 Å². The Labute approximate surface area is 144 Å². The van der Waals surface area contributed by atoms with E-state index in [4.69, 9.17) is 0 Å². The van der Waals surface area contributed by atoms with Crippen LogP contribution in [0, 0.1) is 13.8 Å². The number of hydrogen-bond donors (Lipinski definition) is 1. The Balaban J connectivity index is 1.57. The number of fused-ring (bicyclic) bond motifs is 1. The van der Waals surface area contributed by atoms with E-state index < -0.39 is 10.0 Å². The minimum absolute atomic E-state index is 0.342. The Morgan fingerprint density at radius 1 is 1.04 bits per heavy atom. The van der Waals surface area contributed by atoms with Gasteiger partial charge >= 0.3 is 0 Å². The molecule has 0 bridgehead atoms. The quantitative estimate of drug-likeness (QED) is 0.907. The summed E-state index contributed by atoms with van der Waals surface area (Å²) in [6.45, 7) is 6.92. The van der Waals surface area contributed by atoms with E-state index in [9.17, 15) is 8.42 Å². The van der Waals surface area contributed by atoms with Crippen molar-refractivity contribution >= 4 is 10.0 Å². The van der Waals surface area contributed by atoms with Gasteiger partial charge in [0.05, 0.1) is 4.90 Å². The summed E-state index contributed by atoms with van der Waals surface area (Å²) in [5, 5.41) is 0. The highest BCUT2D eigenvalue weighted by molar-refractivity contribution is 7.89. The van der Waals surface area contributed by atoms with Crippen LogP contribution in [0.2, 0.25) is 0 Å². The van der Waals surface area contributed by atoms with Crippen LogP contribution in [-0.2, 0) is 23.0 Å². The van der Waals surface area contributed by atoms with Gasteiger partial charge in [-0.3, -0.25) is 4.90 Å². The summed E-state index contributed by atoms with van der Waals surface area (Å²) in [5.74, 6) is 0. The second-order valence-electron chi connectivity index (χ2n) is 6.44. The Morgan fingerprint density at radius 2 is 1.79 bits per heavy atom. The van der Waals surface area contributed by atoms with Crippen molar-refractivity contribution in [2.75, 3.05) is 19.6 Å². The molecule has 1 aliphatic rings. The van der Waals surface area contributed by atoms with E-state index in [0.717, 1.165) is 37.2 Å². The first-order chi connectivity index (χ1) is 11.5. The van der Waals surface area contributed by atoms with Crippen LogP contribution < -0.4 is 4.72 Å². The fourth-order valence-corrected chi connectivity index (χ4v) is 4.15. The smallest absolute Gasteiger partial charge is 0.240 e. The summed E-state index contributed by atoms with van der Waals surface area (Å²) < 4.78 is 27.5. The maximum atomic E-state index is 12.4. The third-order valence-corrected chi connectivity index (χ3v) is 6.18. The van der Waals surface area contributed by atoms with Crippen LogP contribution in [0.15, 0.2) is 47.4 Å². The predicted molar refractivity (Wildman–Crippen MR) is 96.5 cm³/mol. The molecule has 0 saturated heterocycles. The molecule has 128 valence electrons. The third kappa shape index (κ3) is 3.86. The van der Waals surface area contributed by atoms with Crippen molar-refractivity contribution in [1.82, 2.24) is 9.62 Å². The monoisotopic (exact) mass is 344 g/mol. The average molecular weight is 344 g/mol. The highest BCUT2D eigenvalue weighted by Crippen LogP contribution is 2.18. The van der Waals surface area contributed by atoms with Gasteiger partial charge in [-0.05, 0) is 54.7 Å². The maximum absolute atomic E-state index is 12.4. The lowest BCUT2D eigenvalue weighted by molar-refractivity contribution is 0.258.